The van der Waals surface area contributed by atoms with E-state index in [1.165, 1.54) is 17.7 Å². The van der Waals surface area contributed by atoms with Gasteiger partial charge >= 0.3 is 0 Å². The van der Waals surface area contributed by atoms with E-state index in [9.17, 15) is 10.1 Å². The van der Waals surface area contributed by atoms with E-state index in [0.29, 0.717) is 23.9 Å². The van der Waals surface area contributed by atoms with Crippen molar-refractivity contribution in [1.29, 1.82) is 0 Å². The Kier molecular flexibility index (Phi) is 5.94. The van der Waals surface area contributed by atoms with Crippen LogP contribution in [0.25, 0.3) is 0 Å². The van der Waals surface area contributed by atoms with Gasteiger partial charge in [-0.1, -0.05) is 47.5 Å². The van der Waals surface area contributed by atoms with Crippen LogP contribution in [0.3, 0.4) is 0 Å². The van der Waals surface area contributed by atoms with Crippen LogP contribution in [0.1, 0.15) is 16.7 Å². The van der Waals surface area contributed by atoms with Gasteiger partial charge in [0.15, 0.2) is 0 Å². The third-order valence-corrected chi connectivity index (χ3v) is 4.31. The second-order valence-electron chi connectivity index (χ2n) is 6.19. The molecular formula is C21H19ClN2O3. The summed E-state index contributed by atoms with van der Waals surface area (Å²) in [5, 5.41) is 14.7. The zero-order chi connectivity index (χ0) is 19.2. The molecular weight excluding hydrogens is 364 g/mol. The standard InChI is InChI=1S/C21H19ClN2O3/c1-15-5-7-16(8-6-15)14-27-21-10-9-18(22)11-17(21)13-23-19-3-2-4-20(12-19)24(25)26/h2-12,23H,13-14H2,1H3. The minimum Gasteiger partial charge on any atom is -0.489 e. The summed E-state index contributed by atoms with van der Waals surface area (Å²) in [6, 6.07) is 20.0. The van der Waals surface area contributed by atoms with Crippen molar-refractivity contribution in [3.05, 3.63) is 98.6 Å². The monoisotopic (exact) mass is 382 g/mol. The van der Waals surface area contributed by atoms with Gasteiger partial charge in [-0.3, -0.25) is 10.1 Å². The number of hydrogen-bond acceptors (Lipinski definition) is 4. The first-order chi connectivity index (χ1) is 13.0. The lowest BCUT2D eigenvalue weighted by molar-refractivity contribution is -0.384. The predicted molar refractivity (Wildman–Crippen MR) is 107 cm³/mol. The highest BCUT2D eigenvalue weighted by Crippen LogP contribution is 2.26. The second-order valence-corrected chi connectivity index (χ2v) is 6.62. The zero-order valence-electron chi connectivity index (χ0n) is 14.8. The van der Waals surface area contributed by atoms with Crippen LogP contribution in [-0.2, 0) is 13.2 Å². The van der Waals surface area contributed by atoms with Crippen LogP contribution in [0.2, 0.25) is 5.02 Å². The number of benzene rings is 3. The second kappa shape index (κ2) is 8.56. The van der Waals surface area contributed by atoms with E-state index in [1.807, 2.05) is 43.3 Å². The van der Waals surface area contributed by atoms with E-state index in [4.69, 9.17) is 16.3 Å². The van der Waals surface area contributed by atoms with Gasteiger partial charge in [-0.2, -0.15) is 0 Å². The summed E-state index contributed by atoms with van der Waals surface area (Å²) in [5.74, 6) is 0.720. The van der Waals surface area contributed by atoms with Crippen molar-refractivity contribution in [2.75, 3.05) is 5.32 Å². The predicted octanol–water partition coefficient (Wildman–Crippen LogP) is 5.75. The molecule has 0 fully saturated rings. The number of hydrogen-bond donors (Lipinski definition) is 1. The van der Waals surface area contributed by atoms with E-state index in [2.05, 4.69) is 5.32 Å². The average Bonchev–Trinajstić information content (AvgIpc) is 2.67. The Bertz CT molecular complexity index is 942. The molecule has 1 N–H and O–H groups in total. The number of nitrogens with one attached hydrogen (secondary N) is 1. The number of rotatable bonds is 7. The first kappa shape index (κ1) is 18.7. The number of nitrogens with zero attached hydrogens (tertiary/aromatic N) is 1. The Morgan fingerprint density at radius 1 is 1.07 bits per heavy atom. The highest BCUT2D eigenvalue weighted by molar-refractivity contribution is 6.30. The molecule has 0 saturated heterocycles. The van der Waals surface area contributed by atoms with E-state index < -0.39 is 4.92 Å². The Labute approximate surface area is 162 Å². The summed E-state index contributed by atoms with van der Waals surface area (Å²) >= 11 is 6.13. The topological polar surface area (TPSA) is 64.4 Å². The van der Waals surface area contributed by atoms with Crippen molar-refractivity contribution in [3.8, 4) is 5.75 Å². The summed E-state index contributed by atoms with van der Waals surface area (Å²) in [6.07, 6.45) is 0. The fraction of sp³-hybridized carbons (Fsp3) is 0.143. The summed E-state index contributed by atoms with van der Waals surface area (Å²) in [7, 11) is 0. The fourth-order valence-corrected chi connectivity index (χ4v) is 2.79. The molecule has 3 rings (SSSR count). The largest absolute Gasteiger partial charge is 0.489 e. The first-order valence-corrected chi connectivity index (χ1v) is 8.84. The van der Waals surface area contributed by atoms with Crippen molar-refractivity contribution in [1.82, 2.24) is 0 Å². The molecule has 27 heavy (non-hydrogen) atoms. The van der Waals surface area contributed by atoms with Crippen LogP contribution in [0.15, 0.2) is 66.7 Å². The highest BCUT2D eigenvalue weighted by Gasteiger charge is 2.08. The van der Waals surface area contributed by atoms with E-state index in [0.717, 1.165) is 16.9 Å². The van der Waals surface area contributed by atoms with Gasteiger partial charge in [0.2, 0.25) is 0 Å². The number of nitro benzene ring substituents is 1. The number of anilines is 1. The van der Waals surface area contributed by atoms with Crippen LogP contribution >= 0.6 is 11.6 Å². The van der Waals surface area contributed by atoms with E-state index in [1.54, 1.807) is 18.2 Å². The van der Waals surface area contributed by atoms with Gasteiger partial charge in [-0.15, -0.1) is 0 Å². The molecule has 0 aliphatic rings. The average molecular weight is 383 g/mol. The first-order valence-electron chi connectivity index (χ1n) is 8.46. The molecule has 138 valence electrons. The molecule has 0 amide bonds. The van der Waals surface area contributed by atoms with Gasteiger partial charge in [0.25, 0.3) is 5.69 Å². The molecule has 0 aliphatic carbocycles. The number of halogens is 1. The number of ether oxygens (including phenoxy) is 1. The summed E-state index contributed by atoms with van der Waals surface area (Å²) in [6.45, 7) is 2.93. The Hall–Kier alpha value is -3.05. The lowest BCUT2D eigenvalue weighted by Gasteiger charge is -2.14. The summed E-state index contributed by atoms with van der Waals surface area (Å²) in [5.41, 5.74) is 3.86. The Morgan fingerprint density at radius 3 is 2.59 bits per heavy atom. The fourth-order valence-electron chi connectivity index (χ4n) is 2.60. The summed E-state index contributed by atoms with van der Waals surface area (Å²) in [4.78, 5) is 10.5. The lowest BCUT2D eigenvalue weighted by atomic mass is 10.1. The molecule has 0 aromatic heterocycles. The maximum Gasteiger partial charge on any atom is 0.271 e. The van der Waals surface area contributed by atoms with Crippen molar-refractivity contribution >= 4 is 23.0 Å². The summed E-state index contributed by atoms with van der Waals surface area (Å²) < 4.78 is 5.96. The van der Waals surface area contributed by atoms with Gasteiger partial charge < -0.3 is 10.1 Å². The molecule has 0 heterocycles. The van der Waals surface area contributed by atoms with Crippen molar-refractivity contribution < 1.29 is 9.66 Å². The van der Waals surface area contributed by atoms with Crippen molar-refractivity contribution in [2.45, 2.75) is 20.1 Å². The van der Waals surface area contributed by atoms with Gasteiger partial charge in [-0.25, -0.2) is 0 Å². The lowest BCUT2D eigenvalue weighted by Crippen LogP contribution is -2.04. The molecule has 0 radical (unpaired) electrons. The zero-order valence-corrected chi connectivity index (χ0v) is 15.6. The molecule has 0 aliphatic heterocycles. The normalized spacial score (nSPS) is 10.4. The minimum absolute atomic E-state index is 0.0435. The molecule has 0 spiro atoms. The van der Waals surface area contributed by atoms with Crippen LogP contribution in [0.5, 0.6) is 5.75 Å². The van der Waals surface area contributed by atoms with E-state index >= 15 is 0 Å². The number of aryl methyl sites for hydroxylation is 1. The molecule has 0 saturated carbocycles. The minimum atomic E-state index is -0.416. The van der Waals surface area contributed by atoms with Gasteiger partial charge in [0, 0.05) is 35.0 Å². The van der Waals surface area contributed by atoms with Crippen LogP contribution in [0.4, 0.5) is 11.4 Å². The molecule has 5 nitrogen and oxygen atoms in total. The highest BCUT2D eigenvalue weighted by atomic mass is 35.5. The van der Waals surface area contributed by atoms with Gasteiger partial charge in [0.05, 0.1) is 4.92 Å². The van der Waals surface area contributed by atoms with E-state index in [-0.39, 0.29) is 5.69 Å². The maximum absolute atomic E-state index is 10.9. The van der Waals surface area contributed by atoms with Gasteiger partial charge in [0.1, 0.15) is 12.4 Å². The smallest absolute Gasteiger partial charge is 0.271 e. The number of non-ortho nitro benzene ring substituents is 1. The Balaban J connectivity index is 1.71. The molecule has 0 bridgehead atoms. The number of nitro groups is 1. The van der Waals surface area contributed by atoms with Crippen LogP contribution in [0, 0.1) is 17.0 Å². The van der Waals surface area contributed by atoms with Crippen molar-refractivity contribution in [3.63, 3.8) is 0 Å². The van der Waals surface area contributed by atoms with Crippen molar-refractivity contribution in [2.24, 2.45) is 0 Å². The third-order valence-electron chi connectivity index (χ3n) is 4.08. The third kappa shape index (κ3) is 5.21. The molecule has 3 aromatic rings. The molecule has 6 heteroatoms. The Morgan fingerprint density at radius 2 is 1.85 bits per heavy atom. The molecule has 0 unspecified atom stereocenters. The quantitative estimate of drug-likeness (QED) is 0.417. The van der Waals surface area contributed by atoms with Crippen LogP contribution < -0.4 is 10.1 Å². The van der Waals surface area contributed by atoms with Crippen LogP contribution in [-0.4, -0.2) is 4.92 Å². The molecule has 0 atom stereocenters. The molecule has 3 aromatic carbocycles. The van der Waals surface area contributed by atoms with Gasteiger partial charge in [-0.05, 0) is 36.8 Å². The maximum atomic E-state index is 10.9. The SMILES string of the molecule is Cc1ccc(COc2ccc(Cl)cc2CNc2cccc([N+](=O)[O-])c2)cc1.